The van der Waals surface area contributed by atoms with Gasteiger partial charge in [-0.1, -0.05) is 20.3 Å². The molecular weight excluding hydrogens is 272 g/mol. The number of nitrogens with two attached hydrogens (primary N) is 1. The van der Waals surface area contributed by atoms with Gasteiger partial charge in [0, 0.05) is 18.5 Å². The molecule has 0 spiro atoms. The quantitative estimate of drug-likeness (QED) is 0.841. The van der Waals surface area contributed by atoms with Gasteiger partial charge in [0.15, 0.2) is 0 Å². The number of nitrogens with one attached hydrogen (secondary N) is 1. The molecule has 0 aliphatic heterocycles. The van der Waals surface area contributed by atoms with E-state index < -0.39 is 0 Å². The lowest BCUT2D eigenvalue weighted by atomic mass is 9.73. The summed E-state index contributed by atoms with van der Waals surface area (Å²) >= 11 is 0. The van der Waals surface area contributed by atoms with E-state index in [0.29, 0.717) is 11.3 Å². The molecular formula is C16H31ClN2O. The number of carbonyl (C=O) groups is 1. The number of halogens is 1. The molecule has 0 aromatic heterocycles. The summed E-state index contributed by atoms with van der Waals surface area (Å²) in [6.45, 7) is 5.58. The van der Waals surface area contributed by atoms with Crippen LogP contribution in [0.4, 0.5) is 0 Å². The van der Waals surface area contributed by atoms with E-state index in [1.807, 2.05) is 0 Å². The highest BCUT2D eigenvalue weighted by atomic mass is 35.5. The van der Waals surface area contributed by atoms with E-state index in [2.05, 4.69) is 19.2 Å². The number of rotatable bonds is 3. The summed E-state index contributed by atoms with van der Waals surface area (Å²) in [5.74, 6) is 1.11. The first-order valence-electron chi connectivity index (χ1n) is 7.99. The van der Waals surface area contributed by atoms with Crippen LogP contribution in [0.15, 0.2) is 0 Å². The summed E-state index contributed by atoms with van der Waals surface area (Å²) in [4.78, 5) is 12.1. The Labute approximate surface area is 129 Å². The SMILES string of the molecule is CC1(C)CCC(CNC(=O)C2CCCC(N)C2)CC1.Cl. The maximum Gasteiger partial charge on any atom is 0.223 e. The van der Waals surface area contributed by atoms with Crippen molar-refractivity contribution in [2.24, 2.45) is 23.0 Å². The van der Waals surface area contributed by atoms with Crippen molar-refractivity contribution >= 4 is 18.3 Å². The van der Waals surface area contributed by atoms with E-state index in [4.69, 9.17) is 5.73 Å². The van der Waals surface area contributed by atoms with Gasteiger partial charge in [0.2, 0.25) is 5.91 Å². The van der Waals surface area contributed by atoms with Gasteiger partial charge < -0.3 is 11.1 Å². The molecule has 2 aliphatic carbocycles. The molecule has 20 heavy (non-hydrogen) atoms. The zero-order valence-corrected chi connectivity index (χ0v) is 13.8. The first-order valence-corrected chi connectivity index (χ1v) is 7.99. The van der Waals surface area contributed by atoms with Crippen molar-refractivity contribution in [1.82, 2.24) is 5.32 Å². The molecule has 0 aromatic rings. The highest BCUT2D eigenvalue weighted by Crippen LogP contribution is 2.37. The Morgan fingerprint density at radius 2 is 1.85 bits per heavy atom. The van der Waals surface area contributed by atoms with Crippen LogP contribution in [0.5, 0.6) is 0 Å². The number of hydrogen-bond donors (Lipinski definition) is 2. The summed E-state index contributed by atoms with van der Waals surface area (Å²) in [6.07, 6.45) is 9.21. The Morgan fingerprint density at radius 1 is 1.20 bits per heavy atom. The maximum atomic E-state index is 12.1. The molecule has 2 rings (SSSR count). The second kappa shape index (κ2) is 7.65. The second-order valence-corrected chi connectivity index (χ2v) is 7.48. The molecule has 2 atom stereocenters. The molecule has 118 valence electrons. The molecule has 0 heterocycles. The molecule has 3 nitrogen and oxygen atoms in total. The van der Waals surface area contributed by atoms with Crippen molar-refractivity contribution in [2.75, 3.05) is 6.54 Å². The predicted molar refractivity (Wildman–Crippen MR) is 85.9 cm³/mol. The van der Waals surface area contributed by atoms with Crippen molar-refractivity contribution in [2.45, 2.75) is 71.3 Å². The van der Waals surface area contributed by atoms with Crippen LogP contribution < -0.4 is 11.1 Å². The molecule has 0 radical (unpaired) electrons. The fourth-order valence-corrected chi connectivity index (χ4v) is 3.52. The Balaban J connectivity index is 0.00000200. The first kappa shape index (κ1) is 17.8. The number of hydrogen-bond acceptors (Lipinski definition) is 2. The van der Waals surface area contributed by atoms with Gasteiger partial charge in [-0.2, -0.15) is 0 Å². The van der Waals surface area contributed by atoms with Crippen LogP contribution in [0.2, 0.25) is 0 Å². The summed E-state index contributed by atoms with van der Waals surface area (Å²) in [6, 6.07) is 0.236. The fraction of sp³-hybridized carbons (Fsp3) is 0.938. The standard InChI is InChI=1S/C16H30N2O.ClH/c1-16(2)8-6-12(7-9-16)11-18-15(19)13-4-3-5-14(17)10-13;/h12-14H,3-11,17H2,1-2H3,(H,18,19);1H. The topological polar surface area (TPSA) is 55.1 Å². The van der Waals surface area contributed by atoms with Crippen molar-refractivity contribution in [1.29, 1.82) is 0 Å². The van der Waals surface area contributed by atoms with E-state index in [9.17, 15) is 4.79 Å². The van der Waals surface area contributed by atoms with Crippen LogP contribution >= 0.6 is 12.4 Å². The second-order valence-electron chi connectivity index (χ2n) is 7.48. The third-order valence-electron chi connectivity index (χ3n) is 5.11. The first-order chi connectivity index (χ1) is 8.96. The third-order valence-corrected chi connectivity index (χ3v) is 5.11. The van der Waals surface area contributed by atoms with E-state index in [0.717, 1.165) is 32.2 Å². The van der Waals surface area contributed by atoms with Crippen molar-refractivity contribution in [3.8, 4) is 0 Å². The highest BCUT2D eigenvalue weighted by molar-refractivity contribution is 5.85. The Kier molecular flexibility index (Phi) is 6.80. The van der Waals surface area contributed by atoms with Crippen LogP contribution in [0.25, 0.3) is 0 Å². The van der Waals surface area contributed by atoms with Gasteiger partial charge >= 0.3 is 0 Å². The van der Waals surface area contributed by atoms with Crippen molar-refractivity contribution < 1.29 is 4.79 Å². The smallest absolute Gasteiger partial charge is 0.223 e. The van der Waals surface area contributed by atoms with Gasteiger partial charge in [0.25, 0.3) is 0 Å². The molecule has 0 aromatic carbocycles. The van der Waals surface area contributed by atoms with Gasteiger partial charge in [0.05, 0.1) is 0 Å². The normalized spacial score (nSPS) is 30.4. The molecule has 2 fully saturated rings. The lowest BCUT2D eigenvalue weighted by Crippen LogP contribution is -2.40. The molecule has 0 bridgehead atoms. The van der Waals surface area contributed by atoms with Crippen molar-refractivity contribution in [3.05, 3.63) is 0 Å². The van der Waals surface area contributed by atoms with Crippen LogP contribution in [0, 0.1) is 17.3 Å². The average Bonchev–Trinajstić information content (AvgIpc) is 2.37. The van der Waals surface area contributed by atoms with Crippen LogP contribution in [-0.2, 0) is 4.79 Å². The maximum absolute atomic E-state index is 12.1. The molecule has 3 N–H and O–H groups in total. The summed E-state index contributed by atoms with van der Waals surface area (Å²) in [5.41, 5.74) is 6.46. The van der Waals surface area contributed by atoms with Crippen LogP contribution in [0.3, 0.4) is 0 Å². The van der Waals surface area contributed by atoms with Gasteiger partial charge in [-0.15, -0.1) is 12.4 Å². The van der Waals surface area contributed by atoms with Crippen molar-refractivity contribution in [3.63, 3.8) is 0 Å². The minimum Gasteiger partial charge on any atom is -0.356 e. The van der Waals surface area contributed by atoms with Crippen LogP contribution in [0.1, 0.15) is 65.2 Å². The average molecular weight is 303 g/mol. The lowest BCUT2D eigenvalue weighted by Gasteiger charge is -2.34. The van der Waals surface area contributed by atoms with Crippen LogP contribution in [-0.4, -0.2) is 18.5 Å². The largest absolute Gasteiger partial charge is 0.356 e. The molecule has 2 saturated carbocycles. The number of carbonyl (C=O) groups excluding carboxylic acids is 1. The molecule has 1 amide bonds. The minimum absolute atomic E-state index is 0. The molecule has 2 unspecified atom stereocenters. The summed E-state index contributed by atoms with van der Waals surface area (Å²) in [7, 11) is 0. The number of amides is 1. The van der Waals surface area contributed by atoms with E-state index in [1.165, 1.54) is 25.7 Å². The summed E-state index contributed by atoms with van der Waals surface area (Å²) < 4.78 is 0. The highest BCUT2D eigenvalue weighted by Gasteiger charge is 2.28. The van der Waals surface area contributed by atoms with Gasteiger partial charge in [-0.05, 0) is 56.3 Å². The van der Waals surface area contributed by atoms with E-state index in [-0.39, 0.29) is 30.3 Å². The Bertz CT molecular complexity index is 310. The van der Waals surface area contributed by atoms with E-state index in [1.54, 1.807) is 0 Å². The molecule has 4 heteroatoms. The summed E-state index contributed by atoms with van der Waals surface area (Å²) in [5, 5.41) is 3.18. The molecule has 2 aliphatic rings. The zero-order valence-electron chi connectivity index (χ0n) is 13.0. The fourth-order valence-electron chi connectivity index (χ4n) is 3.52. The predicted octanol–water partition coefficient (Wildman–Crippen LogP) is 3.26. The van der Waals surface area contributed by atoms with E-state index >= 15 is 0 Å². The van der Waals surface area contributed by atoms with Gasteiger partial charge in [0.1, 0.15) is 0 Å². The third kappa shape index (κ3) is 5.25. The Morgan fingerprint density at radius 3 is 2.45 bits per heavy atom. The van der Waals surface area contributed by atoms with Gasteiger partial charge in [-0.3, -0.25) is 4.79 Å². The lowest BCUT2D eigenvalue weighted by molar-refractivity contribution is -0.126. The molecule has 0 saturated heterocycles. The monoisotopic (exact) mass is 302 g/mol. The Hall–Kier alpha value is -0.280. The zero-order chi connectivity index (χ0) is 13.9. The minimum atomic E-state index is 0. The van der Waals surface area contributed by atoms with Gasteiger partial charge in [-0.25, -0.2) is 0 Å².